The molecule has 0 amide bonds. The van der Waals surface area contributed by atoms with Gasteiger partial charge >= 0.3 is 11.9 Å². The minimum atomic E-state index is -0.733. The van der Waals surface area contributed by atoms with Crippen molar-refractivity contribution in [3.05, 3.63) is 35.5 Å². The number of carbonyl (C=O) groups is 2. The van der Waals surface area contributed by atoms with Crippen molar-refractivity contribution >= 4 is 11.9 Å². The van der Waals surface area contributed by atoms with E-state index in [0.29, 0.717) is 19.3 Å². The molecule has 0 spiro atoms. The Bertz CT molecular complexity index is 707. The van der Waals surface area contributed by atoms with Crippen molar-refractivity contribution in [1.82, 2.24) is 0 Å². The molecule has 5 unspecified atom stereocenters. The lowest BCUT2D eigenvalue weighted by Crippen LogP contribution is -2.39. The van der Waals surface area contributed by atoms with Gasteiger partial charge in [-0.2, -0.15) is 0 Å². The molecule has 7 heteroatoms. The van der Waals surface area contributed by atoms with E-state index < -0.39 is 41.8 Å². The monoisotopic (exact) mass is 378 g/mol. The molecule has 1 aliphatic carbocycles. The zero-order chi connectivity index (χ0) is 19.8. The maximum Gasteiger partial charge on any atom is 0.334 e. The van der Waals surface area contributed by atoms with Crippen LogP contribution in [0.5, 0.6) is 0 Å². The predicted molar refractivity (Wildman–Crippen MR) is 95.5 cm³/mol. The first-order valence-corrected chi connectivity index (χ1v) is 9.15. The Labute approximate surface area is 158 Å². The molecule has 0 bridgehead atoms. The Hall–Kier alpha value is -1.96. The fourth-order valence-corrected chi connectivity index (χ4v) is 3.94. The van der Waals surface area contributed by atoms with Crippen LogP contribution in [0.15, 0.2) is 35.5 Å². The molecule has 3 aliphatic rings. The van der Waals surface area contributed by atoms with E-state index in [2.05, 4.69) is 6.58 Å². The molecule has 2 saturated heterocycles. The Balaban J connectivity index is 1.93. The number of rotatable bonds is 4. The zero-order valence-electron chi connectivity index (χ0n) is 15.6. The Morgan fingerprint density at radius 2 is 2.22 bits per heavy atom. The van der Waals surface area contributed by atoms with Crippen LogP contribution in [0.1, 0.15) is 33.1 Å². The first-order valence-electron chi connectivity index (χ1n) is 9.15. The SMILES string of the molecule is C=C1C(=O)OC2C1C(OC(=O)/C(C)=C/CO)C/C(C)=C/CCC1(CO)OC21. The number of aliphatic hydroxyl groups is 2. The van der Waals surface area contributed by atoms with Crippen LogP contribution >= 0.6 is 0 Å². The molecule has 2 fully saturated rings. The molecule has 0 aromatic heterocycles. The molecule has 5 atom stereocenters. The Kier molecular flexibility index (Phi) is 5.55. The number of aliphatic hydroxyl groups excluding tert-OH is 2. The van der Waals surface area contributed by atoms with Crippen molar-refractivity contribution in [1.29, 1.82) is 0 Å². The number of epoxide rings is 1. The summed E-state index contributed by atoms with van der Waals surface area (Å²) in [6.07, 6.45) is 3.43. The molecule has 0 aromatic carbocycles. The third kappa shape index (κ3) is 3.72. The van der Waals surface area contributed by atoms with Gasteiger partial charge in [-0.05, 0) is 32.8 Å². The number of allylic oxidation sites excluding steroid dienone is 1. The second kappa shape index (κ2) is 7.58. The fraction of sp³-hybridized carbons (Fsp3) is 0.600. The molecule has 148 valence electrons. The van der Waals surface area contributed by atoms with Crippen LogP contribution < -0.4 is 0 Å². The van der Waals surface area contributed by atoms with E-state index in [9.17, 15) is 14.7 Å². The molecule has 0 radical (unpaired) electrons. The second-order valence-corrected chi connectivity index (χ2v) is 7.49. The lowest BCUT2D eigenvalue weighted by Gasteiger charge is -2.28. The average Bonchev–Trinajstić information content (AvgIpc) is 3.27. The van der Waals surface area contributed by atoms with Crippen molar-refractivity contribution in [2.24, 2.45) is 5.92 Å². The predicted octanol–water partition coefficient (Wildman–Crippen LogP) is 1.19. The van der Waals surface area contributed by atoms with Gasteiger partial charge in [-0.1, -0.05) is 18.2 Å². The van der Waals surface area contributed by atoms with Crippen molar-refractivity contribution in [2.75, 3.05) is 13.2 Å². The molecule has 0 saturated carbocycles. The highest BCUT2D eigenvalue weighted by atomic mass is 16.7. The number of hydrogen-bond donors (Lipinski definition) is 2. The lowest BCUT2D eigenvalue weighted by atomic mass is 9.81. The molecule has 7 nitrogen and oxygen atoms in total. The highest BCUT2D eigenvalue weighted by Gasteiger charge is 2.65. The summed E-state index contributed by atoms with van der Waals surface area (Å²) in [5, 5.41) is 18.8. The number of fused-ring (bicyclic) bond motifs is 3. The summed E-state index contributed by atoms with van der Waals surface area (Å²) < 4.78 is 17.0. The summed E-state index contributed by atoms with van der Waals surface area (Å²) in [5.74, 6) is -1.64. The van der Waals surface area contributed by atoms with Crippen molar-refractivity contribution in [2.45, 2.75) is 57.0 Å². The second-order valence-electron chi connectivity index (χ2n) is 7.49. The van der Waals surface area contributed by atoms with Gasteiger partial charge in [0.15, 0.2) is 0 Å². The van der Waals surface area contributed by atoms with E-state index in [1.807, 2.05) is 13.0 Å². The van der Waals surface area contributed by atoms with E-state index in [1.54, 1.807) is 6.92 Å². The van der Waals surface area contributed by atoms with E-state index in [0.717, 1.165) is 5.57 Å². The van der Waals surface area contributed by atoms with E-state index >= 15 is 0 Å². The van der Waals surface area contributed by atoms with Gasteiger partial charge in [0.25, 0.3) is 0 Å². The quantitative estimate of drug-likeness (QED) is 0.328. The maximum atomic E-state index is 12.4. The summed E-state index contributed by atoms with van der Waals surface area (Å²) in [5.41, 5.74) is 0.812. The van der Waals surface area contributed by atoms with Crippen LogP contribution in [-0.2, 0) is 23.8 Å². The molecule has 0 aromatic rings. The van der Waals surface area contributed by atoms with Gasteiger partial charge in [-0.15, -0.1) is 0 Å². The number of esters is 2. The van der Waals surface area contributed by atoms with Gasteiger partial charge in [-0.25, -0.2) is 9.59 Å². The maximum absolute atomic E-state index is 12.4. The first kappa shape index (κ1) is 19.8. The van der Waals surface area contributed by atoms with Gasteiger partial charge in [0.05, 0.1) is 19.1 Å². The highest BCUT2D eigenvalue weighted by Crippen LogP contribution is 2.50. The fourth-order valence-electron chi connectivity index (χ4n) is 3.94. The van der Waals surface area contributed by atoms with E-state index in [4.69, 9.17) is 19.3 Å². The molecule has 2 N–H and O–H groups in total. The number of ether oxygens (including phenoxy) is 3. The van der Waals surface area contributed by atoms with Crippen LogP contribution in [0, 0.1) is 5.92 Å². The number of carbonyl (C=O) groups excluding carboxylic acids is 2. The summed E-state index contributed by atoms with van der Waals surface area (Å²) >= 11 is 0. The molecule has 2 aliphatic heterocycles. The van der Waals surface area contributed by atoms with Crippen LogP contribution in [-0.4, -0.2) is 59.3 Å². The van der Waals surface area contributed by atoms with Crippen LogP contribution in [0.25, 0.3) is 0 Å². The molecule has 2 heterocycles. The Morgan fingerprint density at radius 3 is 2.89 bits per heavy atom. The standard InChI is InChI=1S/C20H26O7/c1-11-5-4-7-20(10-22)17(27-20)16-15(13(3)19(24)26-16)14(9-11)25-18(23)12(2)6-8-21/h5-6,14-17,21-22H,3-4,7-10H2,1-2H3/b11-5+,12-6+. The van der Waals surface area contributed by atoms with Crippen molar-refractivity contribution in [3.8, 4) is 0 Å². The minimum Gasteiger partial charge on any atom is -0.458 e. The average molecular weight is 378 g/mol. The summed E-state index contributed by atoms with van der Waals surface area (Å²) in [6, 6.07) is 0. The first-order chi connectivity index (χ1) is 12.8. The third-order valence-electron chi connectivity index (χ3n) is 5.61. The van der Waals surface area contributed by atoms with Crippen LogP contribution in [0.4, 0.5) is 0 Å². The highest BCUT2D eigenvalue weighted by molar-refractivity contribution is 5.91. The van der Waals surface area contributed by atoms with Gasteiger partial charge in [0, 0.05) is 17.6 Å². The van der Waals surface area contributed by atoms with Gasteiger partial charge in [0.1, 0.15) is 23.9 Å². The molecular formula is C20H26O7. The zero-order valence-corrected chi connectivity index (χ0v) is 15.6. The van der Waals surface area contributed by atoms with Crippen molar-refractivity contribution < 1.29 is 34.0 Å². The molecule has 3 rings (SSSR count). The minimum absolute atomic E-state index is 0.166. The van der Waals surface area contributed by atoms with Gasteiger partial charge in [0.2, 0.25) is 0 Å². The third-order valence-corrected chi connectivity index (χ3v) is 5.61. The Morgan fingerprint density at radius 1 is 1.48 bits per heavy atom. The topological polar surface area (TPSA) is 106 Å². The summed E-state index contributed by atoms with van der Waals surface area (Å²) in [7, 11) is 0. The van der Waals surface area contributed by atoms with E-state index in [-0.39, 0.29) is 24.4 Å². The normalized spacial score (nSPS) is 38.2. The summed E-state index contributed by atoms with van der Waals surface area (Å²) in [4.78, 5) is 24.6. The number of hydrogen-bond acceptors (Lipinski definition) is 7. The molecule has 27 heavy (non-hydrogen) atoms. The largest absolute Gasteiger partial charge is 0.458 e. The summed E-state index contributed by atoms with van der Waals surface area (Å²) in [6.45, 7) is 6.92. The smallest absolute Gasteiger partial charge is 0.334 e. The van der Waals surface area contributed by atoms with Gasteiger partial charge in [-0.3, -0.25) is 0 Å². The lowest BCUT2D eigenvalue weighted by molar-refractivity contribution is -0.148. The van der Waals surface area contributed by atoms with Crippen LogP contribution in [0.3, 0.4) is 0 Å². The van der Waals surface area contributed by atoms with E-state index in [1.165, 1.54) is 6.08 Å². The van der Waals surface area contributed by atoms with Crippen LogP contribution in [0.2, 0.25) is 0 Å². The van der Waals surface area contributed by atoms with Gasteiger partial charge < -0.3 is 24.4 Å². The molecular weight excluding hydrogens is 352 g/mol. The van der Waals surface area contributed by atoms with Crippen molar-refractivity contribution in [3.63, 3.8) is 0 Å².